The third-order valence-electron chi connectivity index (χ3n) is 2.15. The van der Waals surface area contributed by atoms with Gasteiger partial charge in [0.2, 0.25) is 5.91 Å². The Morgan fingerprint density at radius 1 is 1.32 bits per heavy atom. The van der Waals surface area contributed by atoms with E-state index in [9.17, 15) is 9.59 Å². The van der Waals surface area contributed by atoms with Crippen LogP contribution in [0.4, 0.5) is 5.69 Å². The summed E-state index contributed by atoms with van der Waals surface area (Å²) in [6, 6.07) is 5.21. The molecule has 2 heterocycles. The summed E-state index contributed by atoms with van der Waals surface area (Å²) in [5.74, 6) is -1.05. The Morgan fingerprint density at radius 2 is 2.05 bits per heavy atom. The third-order valence-corrected chi connectivity index (χ3v) is 4.07. The van der Waals surface area contributed by atoms with Crippen molar-refractivity contribution in [3.05, 3.63) is 40.8 Å². The first-order chi connectivity index (χ1) is 9.16. The molecule has 7 heteroatoms. The van der Waals surface area contributed by atoms with Gasteiger partial charge in [-0.05, 0) is 23.6 Å². The summed E-state index contributed by atoms with van der Waals surface area (Å²) in [6.45, 7) is 0. The zero-order valence-electron chi connectivity index (χ0n) is 9.70. The molecule has 0 bridgehead atoms. The van der Waals surface area contributed by atoms with E-state index in [4.69, 9.17) is 5.11 Å². The van der Waals surface area contributed by atoms with E-state index in [1.54, 1.807) is 23.8 Å². The summed E-state index contributed by atoms with van der Waals surface area (Å²) in [5, 5.41) is 13.2. The lowest BCUT2D eigenvalue weighted by molar-refractivity contribution is -0.113. The molecule has 0 saturated carbocycles. The average Bonchev–Trinajstić information content (AvgIpc) is 2.86. The first-order valence-electron chi connectivity index (χ1n) is 5.30. The van der Waals surface area contributed by atoms with E-state index in [1.807, 2.05) is 12.1 Å². The third kappa shape index (κ3) is 3.80. The molecule has 19 heavy (non-hydrogen) atoms. The molecule has 0 aliphatic carbocycles. The SMILES string of the molecule is O=C(CSc1ccncc1)Nc1ccsc1C(=O)O. The smallest absolute Gasteiger partial charge is 0.348 e. The number of hydrogen-bond donors (Lipinski definition) is 2. The van der Waals surface area contributed by atoms with Crippen molar-refractivity contribution in [1.82, 2.24) is 4.98 Å². The van der Waals surface area contributed by atoms with Crippen LogP contribution in [0.25, 0.3) is 0 Å². The Labute approximate surface area is 117 Å². The van der Waals surface area contributed by atoms with Crippen molar-refractivity contribution < 1.29 is 14.7 Å². The number of hydrogen-bond acceptors (Lipinski definition) is 5. The minimum atomic E-state index is -1.04. The van der Waals surface area contributed by atoms with Crippen LogP contribution >= 0.6 is 23.1 Å². The highest BCUT2D eigenvalue weighted by molar-refractivity contribution is 8.00. The predicted octanol–water partition coefficient (Wildman–Crippen LogP) is 2.57. The molecule has 2 aromatic rings. The van der Waals surface area contributed by atoms with Crippen molar-refractivity contribution in [1.29, 1.82) is 0 Å². The molecule has 0 atom stereocenters. The molecule has 2 aromatic heterocycles. The zero-order chi connectivity index (χ0) is 13.7. The molecule has 0 aromatic carbocycles. The number of anilines is 1. The molecule has 98 valence electrons. The fourth-order valence-corrected chi connectivity index (χ4v) is 2.71. The zero-order valence-corrected chi connectivity index (χ0v) is 11.3. The number of aromatic nitrogens is 1. The van der Waals surface area contributed by atoms with Crippen LogP contribution in [0.3, 0.4) is 0 Å². The Kier molecular flexibility index (Phi) is 4.53. The molecular weight excluding hydrogens is 284 g/mol. The standard InChI is InChI=1S/C12H10N2O3S2/c15-10(7-19-8-1-4-13-5-2-8)14-9-3-6-18-11(9)12(16)17/h1-6H,7H2,(H,14,15)(H,16,17). The molecule has 5 nitrogen and oxygen atoms in total. The minimum Gasteiger partial charge on any atom is -0.477 e. The maximum absolute atomic E-state index is 11.7. The molecule has 1 amide bonds. The highest BCUT2D eigenvalue weighted by Gasteiger charge is 2.13. The van der Waals surface area contributed by atoms with E-state index in [0.717, 1.165) is 16.2 Å². The van der Waals surface area contributed by atoms with Gasteiger partial charge in [0.05, 0.1) is 11.4 Å². The van der Waals surface area contributed by atoms with Crippen molar-refractivity contribution in [3.63, 3.8) is 0 Å². The number of aromatic carboxylic acids is 1. The Balaban J connectivity index is 1.91. The number of carboxylic acids is 1. The number of pyridine rings is 1. The summed E-state index contributed by atoms with van der Waals surface area (Å²) < 4.78 is 0. The highest BCUT2D eigenvalue weighted by Crippen LogP contribution is 2.23. The molecular formula is C12H10N2O3S2. The topological polar surface area (TPSA) is 79.3 Å². The van der Waals surface area contributed by atoms with Crippen molar-refractivity contribution in [2.45, 2.75) is 4.90 Å². The van der Waals surface area contributed by atoms with E-state index in [2.05, 4.69) is 10.3 Å². The number of carboxylic acid groups (broad SMARTS) is 1. The first kappa shape index (κ1) is 13.6. The number of nitrogens with zero attached hydrogens (tertiary/aromatic N) is 1. The molecule has 2 rings (SSSR count). The average molecular weight is 294 g/mol. The van der Waals surface area contributed by atoms with Gasteiger partial charge in [-0.2, -0.15) is 0 Å². The number of rotatable bonds is 5. The van der Waals surface area contributed by atoms with Crippen LogP contribution in [-0.2, 0) is 4.79 Å². The second kappa shape index (κ2) is 6.35. The highest BCUT2D eigenvalue weighted by atomic mass is 32.2. The summed E-state index contributed by atoms with van der Waals surface area (Å²) in [5.41, 5.74) is 0.345. The number of amides is 1. The number of carbonyl (C=O) groups is 2. The number of nitrogens with one attached hydrogen (secondary N) is 1. The van der Waals surface area contributed by atoms with E-state index < -0.39 is 5.97 Å². The minimum absolute atomic E-state index is 0.141. The van der Waals surface area contributed by atoms with Gasteiger partial charge in [-0.3, -0.25) is 9.78 Å². The van der Waals surface area contributed by atoms with Crippen molar-refractivity contribution in [3.8, 4) is 0 Å². The maximum atomic E-state index is 11.7. The normalized spacial score (nSPS) is 10.1. The van der Waals surface area contributed by atoms with Gasteiger partial charge in [0.15, 0.2) is 0 Å². The number of thioether (sulfide) groups is 1. The molecule has 0 fully saturated rings. The fourth-order valence-electron chi connectivity index (χ4n) is 1.34. The van der Waals surface area contributed by atoms with E-state index in [0.29, 0.717) is 5.69 Å². The van der Waals surface area contributed by atoms with Crippen molar-refractivity contribution in [2.75, 3.05) is 11.1 Å². The van der Waals surface area contributed by atoms with Crippen LogP contribution in [0.5, 0.6) is 0 Å². The Morgan fingerprint density at radius 3 is 2.74 bits per heavy atom. The molecule has 0 unspecified atom stereocenters. The van der Waals surface area contributed by atoms with Gasteiger partial charge < -0.3 is 10.4 Å². The Hall–Kier alpha value is -1.86. The van der Waals surface area contributed by atoms with Crippen LogP contribution < -0.4 is 5.32 Å². The van der Waals surface area contributed by atoms with E-state index in [1.165, 1.54) is 11.8 Å². The van der Waals surface area contributed by atoms with Crippen molar-refractivity contribution >= 4 is 40.7 Å². The van der Waals surface area contributed by atoms with E-state index >= 15 is 0 Å². The number of thiophene rings is 1. The maximum Gasteiger partial charge on any atom is 0.348 e. The number of carbonyl (C=O) groups excluding carboxylic acids is 1. The van der Waals surface area contributed by atoms with Crippen molar-refractivity contribution in [2.24, 2.45) is 0 Å². The lowest BCUT2D eigenvalue weighted by Crippen LogP contribution is -2.15. The lowest BCUT2D eigenvalue weighted by Gasteiger charge is -2.04. The van der Waals surface area contributed by atoms with Crippen LogP contribution in [0.15, 0.2) is 40.9 Å². The fraction of sp³-hybridized carbons (Fsp3) is 0.0833. The van der Waals surface area contributed by atoms with Gasteiger partial charge in [0, 0.05) is 17.3 Å². The molecule has 0 spiro atoms. The molecule has 0 aliphatic heterocycles. The molecule has 0 saturated heterocycles. The molecule has 0 aliphatic rings. The van der Waals surface area contributed by atoms with E-state index in [-0.39, 0.29) is 16.5 Å². The monoisotopic (exact) mass is 294 g/mol. The van der Waals surface area contributed by atoms with Gasteiger partial charge in [-0.1, -0.05) is 0 Å². The van der Waals surface area contributed by atoms with Crippen LogP contribution in [0.2, 0.25) is 0 Å². The van der Waals surface area contributed by atoms with Gasteiger partial charge in [0.1, 0.15) is 4.88 Å². The predicted molar refractivity (Wildman–Crippen MR) is 74.9 cm³/mol. The first-order valence-corrected chi connectivity index (χ1v) is 7.17. The van der Waals surface area contributed by atoms with Crippen LogP contribution in [0.1, 0.15) is 9.67 Å². The largest absolute Gasteiger partial charge is 0.477 e. The molecule has 0 radical (unpaired) electrons. The van der Waals surface area contributed by atoms with Gasteiger partial charge >= 0.3 is 5.97 Å². The summed E-state index contributed by atoms with van der Waals surface area (Å²) in [4.78, 5) is 27.6. The Bertz CT molecular complexity index is 584. The van der Waals surface area contributed by atoms with Crippen LogP contribution in [0, 0.1) is 0 Å². The second-order valence-corrected chi connectivity index (χ2v) is 5.45. The quantitative estimate of drug-likeness (QED) is 0.829. The summed E-state index contributed by atoms with van der Waals surface area (Å²) >= 11 is 2.45. The molecule has 2 N–H and O–H groups in total. The van der Waals surface area contributed by atoms with Gasteiger partial charge in [-0.15, -0.1) is 23.1 Å². The second-order valence-electron chi connectivity index (χ2n) is 3.49. The van der Waals surface area contributed by atoms with Gasteiger partial charge in [0.25, 0.3) is 0 Å². The summed E-state index contributed by atoms with van der Waals surface area (Å²) in [6.07, 6.45) is 3.31. The van der Waals surface area contributed by atoms with Gasteiger partial charge in [-0.25, -0.2) is 4.79 Å². The van der Waals surface area contributed by atoms with Crippen LogP contribution in [-0.4, -0.2) is 27.7 Å². The lowest BCUT2D eigenvalue weighted by atomic mass is 10.4. The summed E-state index contributed by atoms with van der Waals surface area (Å²) in [7, 11) is 0.